The molecule has 1 unspecified atom stereocenters. The standard InChI is InChI=1S/C22H18O7/c23-15-8-6-13(10-17(15)25)20-18(28-22(27)12-4-2-1-3-5-12)11-14-7-9-16(24)19(26)21(14)29-20/h1-10,18,20,23-26H,11H2/t18-,20?/m1/s1. The maximum absolute atomic E-state index is 12.6. The number of carbonyl (C=O) groups is 1. The second-order valence-corrected chi connectivity index (χ2v) is 6.72. The molecule has 0 saturated carbocycles. The van der Waals surface area contributed by atoms with Crippen LogP contribution in [0, 0.1) is 0 Å². The van der Waals surface area contributed by atoms with E-state index in [0.717, 1.165) is 0 Å². The first-order chi connectivity index (χ1) is 13.9. The van der Waals surface area contributed by atoms with Gasteiger partial charge in [0.2, 0.25) is 5.75 Å². The molecule has 148 valence electrons. The summed E-state index contributed by atoms with van der Waals surface area (Å²) < 4.78 is 11.6. The van der Waals surface area contributed by atoms with Crippen LogP contribution in [0.5, 0.6) is 28.7 Å². The highest BCUT2D eigenvalue weighted by Crippen LogP contribution is 2.46. The van der Waals surface area contributed by atoms with Crippen LogP contribution < -0.4 is 4.74 Å². The molecule has 0 spiro atoms. The van der Waals surface area contributed by atoms with Gasteiger partial charge in [0.25, 0.3) is 0 Å². The minimum Gasteiger partial charge on any atom is -0.504 e. The molecule has 4 N–H and O–H groups in total. The van der Waals surface area contributed by atoms with E-state index in [2.05, 4.69) is 0 Å². The van der Waals surface area contributed by atoms with Crippen LogP contribution in [0.2, 0.25) is 0 Å². The van der Waals surface area contributed by atoms with Crippen molar-refractivity contribution in [3.05, 3.63) is 77.4 Å². The number of phenolic OH excluding ortho intramolecular Hbond substituents is 4. The van der Waals surface area contributed by atoms with Gasteiger partial charge in [-0.1, -0.05) is 30.3 Å². The van der Waals surface area contributed by atoms with Crippen molar-refractivity contribution in [2.24, 2.45) is 0 Å². The molecule has 2 atom stereocenters. The summed E-state index contributed by atoms with van der Waals surface area (Å²) in [5.41, 5.74) is 1.36. The van der Waals surface area contributed by atoms with E-state index in [-0.39, 0.29) is 29.4 Å². The van der Waals surface area contributed by atoms with Gasteiger partial charge in [0.05, 0.1) is 5.56 Å². The average Bonchev–Trinajstić information content (AvgIpc) is 2.73. The minimum atomic E-state index is -0.880. The Hall–Kier alpha value is -3.87. The Kier molecular flexibility index (Phi) is 4.64. The molecule has 1 aliphatic rings. The first kappa shape index (κ1) is 18.5. The zero-order valence-corrected chi connectivity index (χ0v) is 15.1. The number of benzene rings is 3. The summed E-state index contributed by atoms with van der Waals surface area (Å²) in [6.45, 7) is 0. The molecule has 0 bridgehead atoms. The quantitative estimate of drug-likeness (QED) is 0.397. The first-order valence-electron chi connectivity index (χ1n) is 8.92. The molecular weight excluding hydrogens is 376 g/mol. The first-order valence-corrected chi connectivity index (χ1v) is 8.92. The van der Waals surface area contributed by atoms with Crippen LogP contribution in [0.3, 0.4) is 0 Å². The highest BCUT2D eigenvalue weighted by atomic mass is 16.6. The number of rotatable bonds is 3. The van der Waals surface area contributed by atoms with E-state index in [1.165, 1.54) is 24.3 Å². The Morgan fingerprint density at radius 2 is 1.62 bits per heavy atom. The highest BCUT2D eigenvalue weighted by Gasteiger charge is 2.36. The second kappa shape index (κ2) is 7.27. The van der Waals surface area contributed by atoms with Crippen molar-refractivity contribution >= 4 is 5.97 Å². The maximum Gasteiger partial charge on any atom is 0.338 e. The molecule has 7 heteroatoms. The molecule has 0 radical (unpaired) electrons. The van der Waals surface area contributed by atoms with Crippen LogP contribution in [-0.4, -0.2) is 32.5 Å². The fraction of sp³-hybridized carbons (Fsp3) is 0.136. The molecular formula is C22H18O7. The second-order valence-electron chi connectivity index (χ2n) is 6.72. The molecule has 3 aromatic carbocycles. The smallest absolute Gasteiger partial charge is 0.338 e. The summed E-state index contributed by atoms with van der Waals surface area (Å²) in [6, 6.07) is 15.5. The van der Waals surface area contributed by atoms with Crippen molar-refractivity contribution in [2.45, 2.75) is 18.6 Å². The lowest BCUT2D eigenvalue weighted by molar-refractivity contribution is -0.0192. The van der Waals surface area contributed by atoms with Crippen molar-refractivity contribution in [1.29, 1.82) is 0 Å². The Morgan fingerprint density at radius 1 is 0.897 bits per heavy atom. The Morgan fingerprint density at radius 3 is 2.34 bits per heavy atom. The molecule has 7 nitrogen and oxygen atoms in total. The van der Waals surface area contributed by atoms with Crippen LogP contribution in [0.15, 0.2) is 60.7 Å². The molecule has 1 heterocycles. The van der Waals surface area contributed by atoms with Crippen LogP contribution in [-0.2, 0) is 11.2 Å². The van der Waals surface area contributed by atoms with E-state index >= 15 is 0 Å². The van der Waals surface area contributed by atoms with Gasteiger partial charge in [-0.3, -0.25) is 0 Å². The number of fused-ring (bicyclic) bond motifs is 1. The summed E-state index contributed by atoms with van der Waals surface area (Å²) in [4.78, 5) is 12.6. The van der Waals surface area contributed by atoms with E-state index in [0.29, 0.717) is 16.7 Å². The van der Waals surface area contributed by atoms with Crippen LogP contribution in [0.4, 0.5) is 0 Å². The third-order valence-corrected chi connectivity index (χ3v) is 4.79. The summed E-state index contributed by atoms with van der Waals surface area (Å²) in [7, 11) is 0. The Balaban J connectivity index is 1.72. The lowest BCUT2D eigenvalue weighted by Crippen LogP contribution is -2.34. The molecule has 0 aliphatic carbocycles. The molecule has 0 fully saturated rings. The van der Waals surface area contributed by atoms with Crippen molar-refractivity contribution in [3.8, 4) is 28.7 Å². The zero-order chi connectivity index (χ0) is 20.5. The highest BCUT2D eigenvalue weighted by molar-refractivity contribution is 5.89. The molecule has 29 heavy (non-hydrogen) atoms. The van der Waals surface area contributed by atoms with E-state index < -0.39 is 23.9 Å². The lowest BCUT2D eigenvalue weighted by Gasteiger charge is -2.34. The maximum atomic E-state index is 12.6. The summed E-state index contributed by atoms with van der Waals surface area (Å²) in [6.07, 6.45) is -1.44. The van der Waals surface area contributed by atoms with Gasteiger partial charge in [-0.2, -0.15) is 0 Å². The van der Waals surface area contributed by atoms with Crippen molar-refractivity contribution < 1.29 is 34.7 Å². The third-order valence-electron chi connectivity index (χ3n) is 4.79. The largest absolute Gasteiger partial charge is 0.504 e. The van der Waals surface area contributed by atoms with Crippen molar-refractivity contribution in [2.75, 3.05) is 0 Å². The molecule has 1 aliphatic heterocycles. The van der Waals surface area contributed by atoms with Gasteiger partial charge in [0.1, 0.15) is 6.10 Å². The number of aromatic hydroxyl groups is 4. The zero-order valence-electron chi connectivity index (χ0n) is 15.1. The van der Waals surface area contributed by atoms with Gasteiger partial charge in [0, 0.05) is 17.5 Å². The van der Waals surface area contributed by atoms with Crippen LogP contribution in [0.1, 0.15) is 27.6 Å². The molecule has 0 saturated heterocycles. The fourth-order valence-electron chi connectivity index (χ4n) is 3.30. The van der Waals surface area contributed by atoms with E-state index in [4.69, 9.17) is 9.47 Å². The molecule has 0 aromatic heterocycles. The van der Waals surface area contributed by atoms with Gasteiger partial charge in [-0.05, 0) is 30.3 Å². The third kappa shape index (κ3) is 3.50. The summed E-state index contributed by atoms with van der Waals surface area (Å²) in [5, 5.41) is 39.4. The van der Waals surface area contributed by atoms with Gasteiger partial charge < -0.3 is 29.9 Å². The SMILES string of the molecule is O=C(O[C@@H]1Cc2ccc(O)c(O)c2OC1c1ccc(O)c(O)c1)c1ccccc1. The minimum absolute atomic E-state index is 0.0783. The monoisotopic (exact) mass is 394 g/mol. The number of hydrogen-bond acceptors (Lipinski definition) is 7. The van der Waals surface area contributed by atoms with E-state index in [9.17, 15) is 25.2 Å². The summed E-state index contributed by atoms with van der Waals surface area (Å²) >= 11 is 0. The topological polar surface area (TPSA) is 116 Å². The van der Waals surface area contributed by atoms with Gasteiger partial charge in [0.15, 0.2) is 29.1 Å². The van der Waals surface area contributed by atoms with Gasteiger partial charge in [-0.25, -0.2) is 4.79 Å². The number of esters is 1. The van der Waals surface area contributed by atoms with Crippen molar-refractivity contribution in [3.63, 3.8) is 0 Å². The average molecular weight is 394 g/mol. The number of phenols is 4. The predicted octanol–water partition coefficient (Wildman–Crippen LogP) is 3.41. The summed E-state index contributed by atoms with van der Waals surface area (Å²) in [5.74, 6) is -1.87. The number of hydrogen-bond donors (Lipinski definition) is 4. The number of carbonyl (C=O) groups excluding carboxylic acids is 1. The molecule has 4 rings (SSSR count). The van der Waals surface area contributed by atoms with Gasteiger partial charge >= 0.3 is 5.97 Å². The normalized spacial score (nSPS) is 17.8. The van der Waals surface area contributed by atoms with Crippen molar-refractivity contribution in [1.82, 2.24) is 0 Å². The van der Waals surface area contributed by atoms with Crippen LogP contribution in [0.25, 0.3) is 0 Å². The fourth-order valence-corrected chi connectivity index (χ4v) is 3.30. The number of ether oxygens (including phenoxy) is 2. The predicted molar refractivity (Wildman–Crippen MR) is 102 cm³/mol. The van der Waals surface area contributed by atoms with E-state index in [1.54, 1.807) is 36.4 Å². The Bertz CT molecular complexity index is 1060. The lowest BCUT2D eigenvalue weighted by atomic mass is 9.93. The molecule has 3 aromatic rings. The van der Waals surface area contributed by atoms with Crippen LogP contribution >= 0.6 is 0 Å². The van der Waals surface area contributed by atoms with E-state index in [1.807, 2.05) is 0 Å². The van der Waals surface area contributed by atoms with Gasteiger partial charge in [-0.15, -0.1) is 0 Å². The Labute approximate surface area is 166 Å². The molecule has 0 amide bonds.